The Morgan fingerprint density at radius 3 is 2.29 bits per heavy atom. The van der Waals surface area contributed by atoms with Gasteiger partial charge in [0.1, 0.15) is 0 Å². The van der Waals surface area contributed by atoms with Crippen LogP contribution in [0.25, 0.3) is 5.69 Å². The molecule has 2 aromatic rings. The van der Waals surface area contributed by atoms with Gasteiger partial charge in [-0.3, -0.25) is 4.79 Å². The molecule has 1 aromatic heterocycles. The van der Waals surface area contributed by atoms with Gasteiger partial charge in [0.25, 0.3) is 5.91 Å². The van der Waals surface area contributed by atoms with Crippen LogP contribution in [0.2, 0.25) is 5.02 Å². The van der Waals surface area contributed by atoms with E-state index in [1.807, 2.05) is 28.3 Å². The van der Waals surface area contributed by atoms with Crippen molar-refractivity contribution in [2.45, 2.75) is 13.8 Å². The van der Waals surface area contributed by atoms with Gasteiger partial charge in [-0.15, -0.1) is 0 Å². The Kier molecular flexibility index (Phi) is 4.11. The van der Waals surface area contributed by atoms with Crippen molar-refractivity contribution < 1.29 is 13.2 Å². The highest BCUT2D eigenvalue weighted by Crippen LogP contribution is 2.22. The lowest BCUT2D eigenvalue weighted by atomic mass is 10.2. The SMILES string of the molecule is Cc1cc(C(=O)NS(C)(=O)=O)c(C)n1-c1ccc(Cl)cc1. The Morgan fingerprint density at radius 2 is 1.76 bits per heavy atom. The third-order valence-electron chi connectivity index (χ3n) is 3.04. The molecular formula is C14H15ClN2O3S. The van der Waals surface area contributed by atoms with Crippen molar-refractivity contribution in [1.82, 2.24) is 9.29 Å². The number of carbonyl (C=O) groups is 1. The lowest BCUT2D eigenvalue weighted by molar-refractivity contribution is 0.0981. The molecule has 0 aliphatic rings. The largest absolute Gasteiger partial charge is 0.318 e. The van der Waals surface area contributed by atoms with E-state index in [0.717, 1.165) is 17.6 Å². The molecule has 1 amide bonds. The van der Waals surface area contributed by atoms with Crippen LogP contribution in [0.5, 0.6) is 0 Å². The van der Waals surface area contributed by atoms with E-state index in [4.69, 9.17) is 11.6 Å². The maximum absolute atomic E-state index is 12.0. The van der Waals surface area contributed by atoms with Crippen LogP contribution < -0.4 is 4.72 Å². The minimum atomic E-state index is -3.59. The molecule has 5 nitrogen and oxygen atoms in total. The fourth-order valence-corrected chi connectivity index (χ4v) is 2.78. The molecule has 0 radical (unpaired) electrons. The highest BCUT2D eigenvalue weighted by Gasteiger charge is 2.19. The third-order valence-corrected chi connectivity index (χ3v) is 3.85. The topological polar surface area (TPSA) is 68.2 Å². The quantitative estimate of drug-likeness (QED) is 0.942. The van der Waals surface area contributed by atoms with Crippen molar-refractivity contribution in [2.75, 3.05) is 6.26 Å². The number of aryl methyl sites for hydroxylation is 1. The molecule has 1 N–H and O–H groups in total. The second-order valence-corrected chi connectivity index (χ2v) is 6.98. The average molecular weight is 327 g/mol. The Hall–Kier alpha value is -1.79. The molecule has 0 fully saturated rings. The number of aromatic nitrogens is 1. The lowest BCUT2D eigenvalue weighted by Crippen LogP contribution is -2.29. The molecule has 2 rings (SSSR count). The van der Waals surface area contributed by atoms with Crippen LogP contribution in [0, 0.1) is 13.8 Å². The summed E-state index contributed by atoms with van der Waals surface area (Å²) in [4.78, 5) is 12.0. The second-order valence-electron chi connectivity index (χ2n) is 4.80. The van der Waals surface area contributed by atoms with Gasteiger partial charge in [-0.25, -0.2) is 13.1 Å². The van der Waals surface area contributed by atoms with Crippen molar-refractivity contribution in [3.63, 3.8) is 0 Å². The van der Waals surface area contributed by atoms with Gasteiger partial charge in [-0.05, 0) is 44.2 Å². The minimum absolute atomic E-state index is 0.327. The van der Waals surface area contributed by atoms with Gasteiger partial charge in [0.15, 0.2) is 0 Å². The first-order valence-corrected chi connectivity index (χ1v) is 8.43. The van der Waals surface area contributed by atoms with Gasteiger partial charge < -0.3 is 4.57 Å². The predicted octanol–water partition coefficient (Wildman–Crippen LogP) is 2.44. The summed E-state index contributed by atoms with van der Waals surface area (Å²) in [6.45, 7) is 3.61. The molecule has 0 atom stereocenters. The molecule has 0 saturated carbocycles. The molecule has 0 aliphatic heterocycles. The smallest absolute Gasteiger partial charge is 0.266 e. The van der Waals surface area contributed by atoms with Crippen LogP contribution in [-0.4, -0.2) is 25.1 Å². The Balaban J connectivity index is 2.47. The molecule has 21 heavy (non-hydrogen) atoms. The maximum Gasteiger partial charge on any atom is 0.266 e. The monoisotopic (exact) mass is 326 g/mol. The zero-order chi connectivity index (χ0) is 15.8. The first-order valence-electron chi connectivity index (χ1n) is 6.16. The van der Waals surface area contributed by atoms with Crippen LogP contribution in [-0.2, 0) is 10.0 Å². The summed E-state index contributed by atoms with van der Waals surface area (Å²) < 4.78 is 26.2. The summed E-state index contributed by atoms with van der Waals surface area (Å²) >= 11 is 5.87. The van der Waals surface area contributed by atoms with E-state index in [0.29, 0.717) is 16.3 Å². The Morgan fingerprint density at radius 1 is 1.19 bits per heavy atom. The number of nitrogens with one attached hydrogen (secondary N) is 1. The van der Waals surface area contributed by atoms with E-state index in [2.05, 4.69) is 0 Å². The van der Waals surface area contributed by atoms with Crippen LogP contribution in [0.3, 0.4) is 0 Å². The van der Waals surface area contributed by atoms with Crippen molar-refractivity contribution in [1.29, 1.82) is 0 Å². The van der Waals surface area contributed by atoms with Crippen molar-refractivity contribution in [2.24, 2.45) is 0 Å². The van der Waals surface area contributed by atoms with E-state index >= 15 is 0 Å². The van der Waals surface area contributed by atoms with Gasteiger partial charge in [0, 0.05) is 22.1 Å². The van der Waals surface area contributed by atoms with E-state index < -0.39 is 15.9 Å². The van der Waals surface area contributed by atoms with Crippen molar-refractivity contribution in [3.8, 4) is 5.69 Å². The van der Waals surface area contributed by atoms with E-state index in [1.54, 1.807) is 25.1 Å². The van der Waals surface area contributed by atoms with Gasteiger partial charge in [-0.2, -0.15) is 0 Å². The van der Waals surface area contributed by atoms with E-state index in [1.165, 1.54) is 0 Å². The summed E-state index contributed by atoms with van der Waals surface area (Å²) in [6, 6.07) is 8.84. The van der Waals surface area contributed by atoms with Crippen molar-refractivity contribution >= 4 is 27.5 Å². The molecule has 1 aromatic carbocycles. The number of carbonyl (C=O) groups excluding carboxylic acids is 1. The number of nitrogens with zero attached hydrogens (tertiary/aromatic N) is 1. The number of halogens is 1. The average Bonchev–Trinajstić information content (AvgIpc) is 2.64. The van der Waals surface area contributed by atoms with E-state index in [-0.39, 0.29) is 0 Å². The van der Waals surface area contributed by atoms with Gasteiger partial charge in [0.05, 0.1) is 11.8 Å². The summed E-state index contributed by atoms with van der Waals surface area (Å²) in [7, 11) is -3.59. The zero-order valence-electron chi connectivity index (χ0n) is 11.8. The summed E-state index contributed by atoms with van der Waals surface area (Å²) in [5.74, 6) is -0.634. The predicted molar refractivity (Wildman–Crippen MR) is 82.6 cm³/mol. The highest BCUT2D eigenvalue weighted by atomic mass is 35.5. The Bertz CT molecular complexity index is 792. The number of hydrogen-bond acceptors (Lipinski definition) is 3. The number of amides is 1. The van der Waals surface area contributed by atoms with Crippen LogP contribution in [0.15, 0.2) is 30.3 Å². The molecule has 0 saturated heterocycles. The van der Waals surface area contributed by atoms with Gasteiger partial charge >= 0.3 is 0 Å². The molecular weight excluding hydrogens is 312 g/mol. The van der Waals surface area contributed by atoms with Crippen molar-refractivity contribution in [3.05, 3.63) is 52.3 Å². The lowest BCUT2D eigenvalue weighted by Gasteiger charge is -2.10. The van der Waals surface area contributed by atoms with Gasteiger partial charge in [0.2, 0.25) is 10.0 Å². The first kappa shape index (κ1) is 15.6. The third kappa shape index (κ3) is 3.46. The Labute approximate surface area is 128 Å². The molecule has 0 bridgehead atoms. The fraction of sp³-hybridized carbons (Fsp3) is 0.214. The first-order chi connectivity index (χ1) is 9.69. The minimum Gasteiger partial charge on any atom is -0.318 e. The standard InChI is InChI=1S/C14H15ClN2O3S/c1-9-8-13(14(18)16-21(3,19)20)10(2)17(9)12-6-4-11(15)5-7-12/h4-8H,1-3H3,(H,16,18). The molecule has 7 heteroatoms. The van der Waals surface area contributed by atoms with Gasteiger partial charge in [-0.1, -0.05) is 11.6 Å². The molecule has 1 heterocycles. The van der Waals surface area contributed by atoms with Crippen LogP contribution in [0.1, 0.15) is 21.7 Å². The summed E-state index contributed by atoms with van der Waals surface area (Å²) in [5, 5.41) is 0.622. The molecule has 112 valence electrons. The normalized spacial score (nSPS) is 11.4. The maximum atomic E-state index is 12.0. The van der Waals surface area contributed by atoms with E-state index in [9.17, 15) is 13.2 Å². The molecule has 0 spiro atoms. The summed E-state index contributed by atoms with van der Waals surface area (Å²) in [5.41, 5.74) is 2.67. The zero-order valence-corrected chi connectivity index (χ0v) is 13.4. The molecule has 0 aliphatic carbocycles. The van der Waals surface area contributed by atoms with Crippen LogP contribution >= 0.6 is 11.6 Å². The number of rotatable bonds is 3. The highest BCUT2D eigenvalue weighted by molar-refractivity contribution is 7.89. The second kappa shape index (κ2) is 5.54. The van der Waals surface area contributed by atoms with Crippen LogP contribution in [0.4, 0.5) is 0 Å². The number of hydrogen-bond donors (Lipinski definition) is 1. The molecule has 0 unspecified atom stereocenters. The number of benzene rings is 1. The number of sulfonamides is 1. The summed E-state index contributed by atoms with van der Waals surface area (Å²) in [6.07, 6.45) is 0.948. The fourth-order valence-electron chi connectivity index (χ4n) is 2.20.